The average molecular weight is 696 g/mol. The van der Waals surface area contributed by atoms with Crippen LogP contribution in [0.1, 0.15) is 0 Å². The summed E-state index contributed by atoms with van der Waals surface area (Å²) in [6.45, 7) is 0. The summed E-state index contributed by atoms with van der Waals surface area (Å²) >= 11 is 0. The molecule has 10 aromatic rings. The fraction of sp³-hybridized carbons (Fsp3) is 0. The van der Waals surface area contributed by atoms with Crippen LogP contribution in [0.4, 0.5) is 34.1 Å². The maximum Gasteiger partial charge on any atom is 0.227 e. The van der Waals surface area contributed by atoms with E-state index in [4.69, 9.17) is 13.8 Å². The zero-order valence-electron chi connectivity index (χ0n) is 29.2. The summed E-state index contributed by atoms with van der Waals surface area (Å²) in [5.74, 6) is 0.559. The number of fused-ring (bicyclic) bond motifs is 4. The lowest BCUT2D eigenvalue weighted by atomic mass is 10.0. The molecule has 10 rings (SSSR count). The van der Waals surface area contributed by atoms with Gasteiger partial charge in [0.1, 0.15) is 16.7 Å². The molecule has 5 heteroatoms. The molecule has 0 aliphatic heterocycles. The Morgan fingerprint density at radius 1 is 0.333 bits per heavy atom. The van der Waals surface area contributed by atoms with Crippen LogP contribution in [0.5, 0.6) is 0 Å². The number of oxazole rings is 1. The van der Waals surface area contributed by atoms with Crippen LogP contribution in [0.15, 0.2) is 209 Å². The van der Waals surface area contributed by atoms with Gasteiger partial charge in [0.05, 0.1) is 11.4 Å². The van der Waals surface area contributed by atoms with Crippen LogP contribution in [0.3, 0.4) is 0 Å². The van der Waals surface area contributed by atoms with E-state index in [-0.39, 0.29) is 0 Å². The molecule has 8 aromatic carbocycles. The van der Waals surface area contributed by atoms with Crippen LogP contribution in [-0.2, 0) is 0 Å². The molecule has 0 atom stereocenters. The first-order valence-corrected chi connectivity index (χ1v) is 18.0. The molecular formula is C49H33N3O2. The van der Waals surface area contributed by atoms with Crippen LogP contribution in [-0.4, -0.2) is 4.98 Å². The molecule has 0 amide bonds. The Morgan fingerprint density at radius 2 is 0.907 bits per heavy atom. The van der Waals surface area contributed by atoms with Gasteiger partial charge >= 0.3 is 0 Å². The summed E-state index contributed by atoms with van der Waals surface area (Å²) in [5, 5.41) is 2.11. The molecule has 2 aromatic heterocycles. The standard InChI is InChI=1S/C49H33N3O2/c1-5-16-34(17-6-1)36-20-15-25-39(30-36)52(40-28-29-46-43(31-40)42-26-13-14-27-45(42)53-46)44-32-41(33-47-48(44)50-49(54-47)35-18-7-2-8-19-35)51(37-21-9-3-10-22-37)38-23-11-4-12-24-38/h1-33H. The average Bonchev–Trinajstić information content (AvgIpc) is 3.85. The number of hydrogen-bond acceptors (Lipinski definition) is 5. The Balaban J connectivity index is 1.27. The number of nitrogens with zero attached hydrogens (tertiary/aromatic N) is 3. The second kappa shape index (κ2) is 13.3. The highest BCUT2D eigenvalue weighted by Gasteiger charge is 2.25. The van der Waals surface area contributed by atoms with Crippen LogP contribution in [0, 0.1) is 0 Å². The van der Waals surface area contributed by atoms with E-state index in [2.05, 4.69) is 149 Å². The van der Waals surface area contributed by atoms with E-state index in [9.17, 15) is 0 Å². The topological polar surface area (TPSA) is 45.7 Å². The van der Waals surface area contributed by atoms with E-state index in [1.807, 2.05) is 60.7 Å². The third-order valence-electron chi connectivity index (χ3n) is 9.84. The van der Waals surface area contributed by atoms with E-state index < -0.39 is 0 Å². The van der Waals surface area contributed by atoms with Crippen molar-refractivity contribution < 1.29 is 8.83 Å². The number of aromatic nitrogens is 1. The molecule has 0 fully saturated rings. The summed E-state index contributed by atoms with van der Waals surface area (Å²) in [7, 11) is 0. The van der Waals surface area contributed by atoms with Gasteiger partial charge < -0.3 is 18.6 Å². The van der Waals surface area contributed by atoms with E-state index in [1.165, 1.54) is 0 Å². The number of benzene rings is 8. The molecule has 0 N–H and O–H groups in total. The lowest BCUT2D eigenvalue weighted by molar-refractivity contribution is 0.620. The predicted molar refractivity (Wildman–Crippen MR) is 222 cm³/mol. The number of rotatable bonds is 8. The molecule has 0 aliphatic carbocycles. The highest BCUT2D eigenvalue weighted by Crippen LogP contribution is 2.46. The highest BCUT2D eigenvalue weighted by atomic mass is 16.3. The largest absolute Gasteiger partial charge is 0.456 e. The van der Waals surface area contributed by atoms with E-state index in [0.29, 0.717) is 11.5 Å². The number of para-hydroxylation sites is 3. The fourth-order valence-electron chi connectivity index (χ4n) is 7.34. The Bertz CT molecular complexity index is 2840. The number of hydrogen-bond donors (Lipinski definition) is 0. The van der Waals surface area contributed by atoms with Gasteiger partial charge in [-0.15, -0.1) is 0 Å². The zero-order valence-corrected chi connectivity index (χ0v) is 29.2. The first kappa shape index (κ1) is 31.4. The van der Waals surface area contributed by atoms with Crippen molar-refractivity contribution in [2.45, 2.75) is 0 Å². The van der Waals surface area contributed by atoms with Crippen LogP contribution in [0.2, 0.25) is 0 Å². The zero-order chi connectivity index (χ0) is 35.8. The summed E-state index contributed by atoms with van der Waals surface area (Å²) < 4.78 is 13.0. The molecule has 54 heavy (non-hydrogen) atoms. The monoisotopic (exact) mass is 695 g/mol. The maximum absolute atomic E-state index is 6.71. The first-order chi connectivity index (χ1) is 26.8. The summed E-state index contributed by atoms with van der Waals surface area (Å²) in [5.41, 5.74) is 12.1. The van der Waals surface area contributed by atoms with Crippen LogP contribution in [0.25, 0.3) is 55.6 Å². The van der Waals surface area contributed by atoms with Crippen molar-refractivity contribution in [2.24, 2.45) is 0 Å². The second-order valence-corrected chi connectivity index (χ2v) is 13.2. The van der Waals surface area contributed by atoms with E-state index >= 15 is 0 Å². The molecule has 0 unspecified atom stereocenters. The second-order valence-electron chi connectivity index (χ2n) is 13.2. The van der Waals surface area contributed by atoms with Gasteiger partial charge in [-0.3, -0.25) is 0 Å². The predicted octanol–water partition coefficient (Wildman–Crippen LogP) is 14.0. The molecule has 5 nitrogen and oxygen atoms in total. The fourth-order valence-corrected chi connectivity index (χ4v) is 7.34. The van der Waals surface area contributed by atoms with E-state index in [1.54, 1.807) is 0 Å². The molecular weight excluding hydrogens is 663 g/mol. The van der Waals surface area contributed by atoms with Gasteiger partial charge in [-0.25, -0.2) is 4.98 Å². The minimum atomic E-state index is 0.559. The van der Waals surface area contributed by atoms with Gasteiger partial charge in [0.25, 0.3) is 0 Å². The van der Waals surface area contributed by atoms with Crippen molar-refractivity contribution in [2.75, 3.05) is 9.80 Å². The van der Waals surface area contributed by atoms with Crippen molar-refractivity contribution >= 4 is 67.2 Å². The minimum Gasteiger partial charge on any atom is -0.456 e. The number of anilines is 6. The third kappa shape index (κ3) is 5.65. The SMILES string of the molecule is c1ccc(-c2cccc(N(c3ccc4oc5ccccc5c4c3)c3cc(N(c4ccccc4)c4ccccc4)cc4oc(-c5ccccc5)nc34)c2)cc1. The first-order valence-electron chi connectivity index (χ1n) is 18.0. The molecule has 0 saturated carbocycles. The molecule has 0 spiro atoms. The van der Waals surface area contributed by atoms with Crippen LogP contribution >= 0.6 is 0 Å². The Morgan fingerprint density at radius 3 is 1.63 bits per heavy atom. The molecule has 0 aliphatic rings. The maximum atomic E-state index is 6.71. The van der Waals surface area contributed by atoms with Crippen molar-refractivity contribution in [3.05, 3.63) is 200 Å². The lowest BCUT2D eigenvalue weighted by Crippen LogP contribution is -2.14. The third-order valence-corrected chi connectivity index (χ3v) is 9.84. The summed E-state index contributed by atoms with van der Waals surface area (Å²) in [6, 6.07) is 69.1. The van der Waals surface area contributed by atoms with E-state index in [0.717, 1.165) is 78.3 Å². The smallest absolute Gasteiger partial charge is 0.227 e. The Labute approximate surface area is 312 Å². The van der Waals surface area contributed by atoms with Gasteiger partial charge in [0, 0.05) is 45.2 Å². The minimum absolute atomic E-state index is 0.559. The molecule has 0 radical (unpaired) electrons. The van der Waals surface area contributed by atoms with Gasteiger partial charge in [0.2, 0.25) is 5.89 Å². The summed E-state index contributed by atoms with van der Waals surface area (Å²) in [6.07, 6.45) is 0. The summed E-state index contributed by atoms with van der Waals surface area (Å²) in [4.78, 5) is 9.80. The number of furan rings is 1. The Kier molecular flexibility index (Phi) is 7.73. The van der Waals surface area contributed by atoms with Crippen molar-refractivity contribution in [1.29, 1.82) is 0 Å². The Hall–Kier alpha value is -7.37. The van der Waals surface area contributed by atoms with Gasteiger partial charge in [-0.2, -0.15) is 0 Å². The van der Waals surface area contributed by atoms with Crippen LogP contribution < -0.4 is 9.80 Å². The quantitative estimate of drug-likeness (QED) is 0.158. The van der Waals surface area contributed by atoms with Gasteiger partial charge in [-0.1, -0.05) is 115 Å². The normalized spacial score (nSPS) is 11.3. The molecule has 256 valence electrons. The van der Waals surface area contributed by atoms with Crippen molar-refractivity contribution in [3.63, 3.8) is 0 Å². The lowest BCUT2D eigenvalue weighted by Gasteiger charge is -2.29. The molecule has 2 heterocycles. The molecule has 0 bridgehead atoms. The van der Waals surface area contributed by atoms with Gasteiger partial charge in [-0.05, 0) is 90.0 Å². The van der Waals surface area contributed by atoms with Crippen molar-refractivity contribution in [3.8, 4) is 22.6 Å². The van der Waals surface area contributed by atoms with Gasteiger partial charge in [0.15, 0.2) is 5.58 Å². The molecule has 0 saturated heterocycles. The highest BCUT2D eigenvalue weighted by molar-refractivity contribution is 6.07. The van der Waals surface area contributed by atoms with Crippen molar-refractivity contribution in [1.82, 2.24) is 4.98 Å².